The zero-order chi connectivity index (χ0) is 15.4. The number of aliphatic hydroxyl groups excluding tert-OH is 1. The Morgan fingerprint density at radius 2 is 2.27 bits per heavy atom. The van der Waals surface area contributed by atoms with Gasteiger partial charge in [-0.25, -0.2) is 4.98 Å². The fraction of sp³-hybridized carbons (Fsp3) is 0.375. The predicted octanol–water partition coefficient (Wildman–Crippen LogP) is 2.46. The first-order valence-corrected chi connectivity index (χ1v) is 8.13. The Bertz CT molecular complexity index is 623. The zero-order valence-electron chi connectivity index (χ0n) is 12.1. The molecule has 1 aliphatic rings. The first-order chi connectivity index (χ1) is 10.8. The van der Waals surface area contributed by atoms with Gasteiger partial charge in [-0.3, -0.25) is 4.79 Å². The van der Waals surface area contributed by atoms with Gasteiger partial charge in [0.15, 0.2) is 0 Å². The van der Waals surface area contributed by atoms with Crippen molar-refractivity contribution in [3.63, 3.8) is 0 Å². The lowest BCUT2D eigenvalue weighted by Crippen LogP contribution is -2.30. The molecule has 0 saturated carbocycles. The van der Waals surface area contributed by atoms with Crippen LogP contribution in [0.5, 0.6) is 0 Å². The maximum Gasteiger partial charge on any atom is 0.263 e. The van der Waals surface area contributed by atoms with Gasteiger partial charge >= 0.3 is 0 Å². The highest BCUT2D eigenvalue weighted by atomic mass is 32.1. The molecule has 1 aliphatic heterocycles. The molecule has 2 N–H and O–H groups in total. The molecular weight excluding hydrogens is 300 g/mol. The molecule has 22 heavy (non-hydrogen) atoms. The number of aliphatic hydroxyl groups is 1. The number of ether oxygens (including phenoxy) is 1. The van der Waals surface area contributed by atoms with Crippen molar-refractivity contribution in [3.05, 3.63) is 52.0 Å². The smallest absolute Gasteiger partial charge is 0.263 e. The molecule has 1 aromatic heterocycles. The minimum absolute atomic E-state index is 0.0225. The quantitative estimate of drug-likeness (QED) is 0.888. The summed E-state index contributed by atoms with van der Waals surface area (Å²) in [4.78, 5) is 17.2. The van der Waals surface area contributed by atoms with Gasteiger partial charge < -0.3 is 15.2 Å². The van der Waals surface area contributed by atoms with E-state index < -0.39 is 6.04 Å². The van der Waals surface area contributed by atoms with Crippen LogP contribution in [-0.2, 0) is 4.74 Å². The molecule has 3 rings (SSSR count). The molecule has 6 heteroatoms. The van der Waals surface area contributed by atoms with Crippen molar-refractivity contribution in [3.8, 4) is 0 Å². The van der Waals surface area contributed by atoms with E-state index in [1.807, 2.05) is 30.3 Å². The summed E-state index contributed by atoms with van der Waals surface area (Å²) in [6, 6.07) is 9.01. The number of hydrogen-bond donors (Lipinski definition) is 2. The van der Waals surface area contributed by atoms with Gasteiger partial charge in [0.05, 0.1) is 18.8 Å². The van der Waals surface area contributed by atoms with Crippen LogP contribution >= 0.6 is 11.3 Å². The van der Waals surface area contributed by atoms with Crippen LogP contribution in [0.4, 0.5) is 0 Å². The molecule has 1 amide bonds. The van der Waals surface area contributed by atoms with Crippen molar-refractivity contribution < 1.29 is 14.6 Å². The van der Waals surface area contributed by atoms with Crippen LogP contribution in [0.15, 0.2) is 36.5 Å². The normalized spacial score (nSPS) is 19.0. The van der Waals surface area contributed by atoms with Crippen molar-refractivity contribution >= 4 is 17.2 Å². The first-order valence-electron chi connectivity index (χ1n) is 7.32. The van der Waals surface area contributed by atoms with Gasteiger partial charge in [0.25, 0.3) is 5.91 Å². The monoisotopic (exact) mass is 318 g/mol. The molecule has 1 fully saturated rings. The SMILES string of the molecule is O=C(N[C@@H](CO)c1ccccc1)c1cnc([C@H]2CCCO2)s1. The molecular formula is C16H18N2O3S. The van der Waals surface area contributed by atoms with Gasteiger partial charge in [-0.05, 0) is 18.4 Å². The first kappa shape index (κ1) is 15.1. The minimum Gasteiger partial charge on any atom is -0.394 e. The lowest BCUT2D eigenvalue weighted by molar-refractivity contribution is 0.0920. The van der Waals surface area contributed by atoms with E-state index >= 15 is 0 Å². The number of nitrogens with zero attached hydrogens (tertiary/aromatic N) is 1. The number of aromatic nitrogens is 1. The van der Waals surface area contributed by atoms with Crippen LogP contribution in [0.1, 0.15) is 45.2 Å². The van der Waals surface area contributed by atoms with E-state index in [0.29, 0.717) is 4.88 Å². The Hall–Kier alpha value is -1.76. The highest BCUT2D eigenvalue weighted by Gasteiger charge is 2.23. The third kappa shape index (κ3) is 3.35. The van der Waals surface area contributed by atoms with Gasteiger partial charge in [-0.2, -0.15) is 0 Å². The maximum atomic E-state index is 12.3. The van der Waals surface area contributed by atoms with Gasteiger partial charge in [-0.1, -0.05) is 30.3 Å². The van der Waals surface area contributed by atoms with Crippen LogP contribution < -0.4 is 5.32 Å². The van der Waals surface area contributed by atoms with E-state index in [9.17, 15) is 9.90 Å². The summed E-state index contributed by atoms with van der Waals surface area (Å²) in [5, 5.41) is 13.2. The Kier molecular flexibility index (Phi) is 4.82. The number of nitrogens with one attached hydrogen (secondary N) is 1. The molecule has 5 nitrogen and oxygen atoms in total. The van der Waals surface area contributed by atoms with Gasteiger partial charge in [0.1, 0.15) is 16.0 Å². The summed E-state index contributed by atoms with van der Waals surface area (Å²) >= 11 is 1.36. The van der Waals surface area contributed by atoms with E-state index in [-0.39, 0.29) is 18.6 Å². The van der Waals surface area contributed by atoms with Crippen LogP contribution in [0.2, 0.25) is 0 Å². The third-order valence-corrected chi connectivity index (χ3v) is 4.73. The molecule has 0 aliphatic carbocycles. The highest BCUT2D eigenvalue weighted by molar-refractivity contribution is 7.13. The fourth-order valence-electron chi connectivity index (χ4n) is 2.46. The lowest BCUT2D eigenvalue weighted by Gasteiger charge is -2.15. The molecule has 2 heterocycles. The van der Waals surface area contributed by atoms with Crippen LogP contribution in [0.25, 0.3) is 0 Å². The number of hydrogen-bond acceptors (Lipinski definition) is 5. The van der Waals surface area contributed by atoms with E-state index in [4.69, 9.17) is 4.74 Å². The van der Waals surface area contributed by atoms with Crippen LogP contribution in [0.3, 0.4) is 0 Å². The number of carbonyl (C=O) groups is 1. The van der Waals surface area contributed by atoms with Crippen molar-refractivity contribution in [1.29, 1.82) is 0 Å². The molecule has 2 atom stereocenters. The fourth-order valence-corrected chi connectivity index (χ4v) is 3.37. The van der Waals surface area contributed by atoms with Crippen LogP contribution in [0, 0.1) is 0 Å². The summed E-state index contributed by atoms with van der Waals surface area (Å²) in [5.74, 6) is -0.218. The number of rotatable bonds is 5. The minimum atomic E-state index is -0.415. The third-order valence-electron chi connectivity index (χ3n) is 3.64. The summed E-state index contributed by atoms with van der Waals surface area (Å²) < 4.78 is 5.58. The summed E-state index contributed by atoms with van der Waals surface area (Å²) in [6.45, 7) is 0.611. The van der Waals surface area contributed by atoms with E-state index in [0.717, 1.165) is 30.0 Å². The summed E-state index contributed by atoms with van der Waals surface area (Å²) in [5.41, 5.74) is 0.877. The second kappa shape index (κ2) is 7.00. The van der Waals surface area contributed by atoms with Gasteiger partial charge in [-0.15, -0.1) is 11.3 Å². The number of benzene rings is 1. The molecule has 0 radical (unpaired) electrons. The van der Waals surface area contributed by atoms with Gasteiger partial charge in [0, 0.05) is 6.61 Å². The molecule has 1 aromatic carbocycles. The summed E-state index contributed by atoms with van der Waals surface area (Å²) in [7, 11) is 0. The standard InChI is InChI=1S/C16H18N2O3S/c19-10-12(11-5-2-1-3-6-11)18-15(20)14-9-17-16(22-14)13-7-4-8-21-13/h1-3,5-6,9,12-13,19H,4,7-8,10H2,(H,18,20)/t12-,13+/m0/s1. The Balaban J connectivity index is 1.68. The Labute approximate surface area is 133 Å². The molecule has 2 aromatic rings. The van der Waals surface area contributed by atoms with Crippen molar-refractivity contribution in [2.75, 3.05) is 13.2 Å². The highest BCUT2D eigenvalue weighted by Crippen LogP contribution is 2.31. The van der Waals surface area contributed by atoms with Crippen LogP contribution in [-0.4, -0.2) is 29.2 Å². The maximum absolute atomic E-state index is 12.3. The van der Waals surface area contributed by atoms with E-state index in [1.165, 1.54) is 11.3 Å². The molecule has 0 bridgehead atoms. The number of thiazole rings is 1. The zero-order valence-corrected chi connectivity index (χ0v) is 12.9. The summed E-state index contributed by atoms with van der Waals surface area (Å²) in [6.07, 6.45) is 3.59. The average molecular weight is 318 g/mol. The van der Waals surface area contributed by atoms with Crippen molar-refractivity contribution in [2.24, 2.45) is 0 Å². The second-order valence-electron chi connectivity index (χ2n) is 5.18. The topological polar surface area (TPSA) is 71.5 Å². The second-order valence-corrected chi connectivity index (χ2v) is 6.25. The van der Waals surface area contributed by atoms with Crippen molar-refractivity contribution in [2.45, 2.75) is 25.0 Å². The van der Waals surface area contributed by atoms with E-state index in [1.54, 1.807) is 6.20 Å². The van der Waals surface area contributed by atoms with Gasteiger partial charge in [0.2, 0.25) is 0 Å². The number of carbonyl (C=O) groups excluding carboxylic acids is 1. The molecule has 1 saturated heterocycles. The molecule has 116 valence electrons. The Morgan fingerprint density at radius 1 is 1.45 bits per heavy atom. The molecule has 0 unspecified atom stereocenters. The van der Waals surface area contributed by atoms with E-state index in [2.05, 4.69) is 10.3 Å². The van der Waals surface area contributed by atoms with Crippen molar-refractivity contribution in [1.82, 2.24) is 10.3 Å². The number of amides is 1. The largest absolute Gasteiger partial charge is 0.394 e. The Morgan fingerprint density at radius 3 is 2.95 bits per heavy atom. The lowest BCUT2D eigenvalue weighted by atomic mass is 10.1. The average Bonchev–Trinajstić information content (AvgIpc) is 3.23. The predicted molar refractivity (Wildman–Crippen MR) is 83.8 cm³/mol. The molecule has 0 spiro atoms.